The molecule has 34 heavy (non-hydrogen) atoms. The molecule has 1 unspecified atom stereocenters. The fourth-order valence-corrected chi connectivity index (χ4v) is 4.17. The molecule has 0 saturated carbocycles. The van der Waals surface area contributed by atoms with E-state index in [1.807, 2.05) is 49.3 Å². The van der Waals surface area contributed by atoms with Gasteiger partial charge in [0.15, 0.2) is 0 Å². The summed E-state index contributed by atoms with van der Waals surface area (Å²) in [6.07, 6.45) is 8.51. The van der Waals surface area contributed by atoms with E-state index in [-0.39, 0.29) is 6.04 Å². The Kier molecular flexibility index (Phi) is 6.14. The third-order valence-electron chi connectivity index (χ3n) is 5.98. The first-order chi connectivity index (χ1) is 16.6. The molecule has 0 N–H and O–H groups in total. The molecule has 0 saturated heterocycles. The largest absolute Gasteiger partial charge is 0.462 e. The number of ether oxygens (including phenoxy) is 1. The lowest BCUT2D eigenvalue weighted by Gasteiger charge is -2.09. The minimum atomic E-state index is -0.251. The predicted octanol–water partition coefficient (Wildman–Crippen LogP) is 5.16. The van der Waals surface area contributed by atoms with Gasteiger partial charge >= 0.3 is 6.01 Å². The highest BCUT2D eigenvalue weighted by Crippen LogP contribution is 2.41. The van der Waals surface area contributed by atoms with E-state index in [4.69, 9.17) is 9.15 Å². The van der Waals surface area contributed by atoms with Crippen molar-refractivity contribution in [3.05, 3.63) is 77.2 Å². The van der Waals surface area contributed by atoms with Crippen LogP contribution in [-0.4, -0.2) is 47.1 Å². The second-order valence-electron chi connectivity index (χ2n) is 8.57. The van der Waals surface area contributed by atoms with Crippen molar-refractivity contribution in [2.75, 3.05) is 27.2 Å². The maximum absolute atomic E-state index is 11.1. The highest BCUT2D eigenvalue weighted by Gasteiger charge is 2.25. The maximum atomic E-state index is 11.1. The van der Waals surface area contributed by atoms with Crippen LogP contribution in [0.3, 0.4) is 0 Å². The smallest absolute Gasteiger partial charge is 0.316 e. The van der Waals surface area contributed by atoms with Gasteiger partial charge in [0.2, 0.25) is 0 Å². The predicted molar refractivity (Wildman–Crippen MR) is 129 cm³/mol. The summed E-state index contributed by atoms with van der Waals surface area (Å²) >= 11 is 0. The fraction of sp³-hybridized carbons (Fsp3) is 0.269. The van der Waals surface area contributed by atoms with Gasteiger partial charge in [-0.2, -0.15) is 4.91 Å². The number of benzene rings is 1. The molecule has 3 aromatic heterocycles. The molecule has 0 aliphatic heterocycles. The van der Waals surface area contributed by atoms with Crippen molar-refractivity contribution in [3.63, 3.8) is 0 Å². The van der Waals surface area contributed by atoms with Crippen molar-refractivity contribution in [2.45, 2.75) is 18.9 Å². The van der Waals surface area contributed by atoms with Gasteiger partial charge in [-0.25, -0.2) is 9.97 Å². The van der Waals surface area contributed by atoms with Crippen LogP contribution in [0.25, 0.3) is 33.8 Å². The number of nitroso groups, excluding NO2 is 1. The lowest BCUT2D eigenvalue weighted by Crippen LogP contribution is -2.19. The van der Waals surface area contributed by atoms with Crippen LogP contribution in [0, 0.1) is 4.91 Å². The number of hydrogen-bond donors (Lipinski definition) is 0. The topological polar surface area (TPSA) is 93.7 Å². The quantitative estimate of drug-likeness (QED) is 0.339. The third-order valence-corrected chi connectivity index (χ3v) is 5.98. The monoisotopic (exact) mass is 455 g/mol. The van der Waals surface area contributed by atoms with Crippen LogP contribution < -0.4 is 4.74 Å². The minimum Gasteiger partial charge on any atom is -0.462 e. The second kappa shape index (κ2) is 9.52. The maximum Gasteiger partial charge on any atom is 0.316 e. The second-order valence-corrected chi connectivity index (χ2v) is 8.57. The summed E-state index contributed by atoms with van der Waals surface area (Å²) in [6.45, 7) is 1.30. The third kappa shape index (κ3) is 4.45. The molecule has 4 aromatic rings. The van der Waals surface area contributed by atoms with E-state index in [9.17, 15) is 4.91 Å². The highest BCUT2D eigenvalue weighted by atomic mass is 16.5. The first-order valence-corrected chi connectivity index (χ1v) is 11.2. The number of pyridine rings is 1. The number of likely N-dealkylation sites (N-methyl/N-ethyl adjacent to an activating group) is 1. The van der Waals surface area contributed by atoms with E-state index >= 15 is 0 Å². The molecule has 172 valence electrons. The number of aromatic nitrogens is 3. The number of fused-ring (bicyclic) bond motifs is 1. The molecule has 8 heteroatoms. The van der Waals surface area contributed by atoms with Gasteiger partial charge in [-0.3, -0.25) is 4.98 Å². The van der Waals surface area contributed by atoms with Gasteiger partial charge in [-0.05, 0) is 61.8 Å². The Bertz CT molecular complexity index is 1290. The minimum absolute atomic E-state index is 0.251. The molecule has 1 atom stereocenters. The molecule has 1 aromatic carbocycles. The SMILES string of the molecule is CN(C)CCOc1ncc(-c2cc(-c3ccc4c(c3)CCC4N=O)c(-c3ccncc3)o2)cn1. The average molecular weight is 456 g/mol. The molecule has 8 nitrogen and oxygen atoms in total. The summed E-state index contributed by atoms with van der Waals surface area (Å²) < 4.78 is 11.9. The van der Waals surface area contributed by atoms with Gasteiger partial charge < -0.3 is 14.1 Å². The summed E-state index contributed by atoms with van der Waals surface area (Å²) in [6, 6.07) is 12.1. The van der Waals surface area contributed by atoms with E-state index in [0.29, 0.717) is 18.4 Å². The molecule has 0 bridgehead atoms. The highest BCUT2D eigenvalue weighted by molar-refractivity contribution is 5.84. The molecule has 0 amide bonds. The first-order valence-electron chi connectivity index (χ1n) is 11.2. The fourth-order valence-electron chi connectivity index (χ4n) is 4.17. The molecule has 5 rings (SSSR count). The van der Waals surface area contributed by atoms with Crippen LogP contribution in [0.5, 0.6) is 6.01 Å². The number of furan rings is 1. The zero-order chi connectivity index (χ0) is 23.5. The van der Waals surface area contributed by atoms with Gasteiger partial charge in [0.1, 0.15) is 24.2 Å². The van der Waals surface area contributed by atoms with Gasteiger partial charge in [0.25, 0.3) is 0 Å². The standard InChI is InChI=1S/C26H25N5O3/c1-31(2)11-12-33-26-28-15-20(16-29-26)24-14-22(25(34-24)17-7-9-27-10-8-17)19-3-5-21-18(13-19)4-6-23(21)30-32/h3,5,7-10,13-16,23H,4,6,11-12H2,1-2H3. The Balaban J connectivity index is 1.49. The summed E-state index contributed by atoms with van der Waals surface area (Å²) in [4.78, 5) is 26.0. The van der Waals surface area contributed by atoms with Crippen LogP contribution in [0.2, 0.25) is 0 Å². The van der Waals surface area contributed by atoms with Crippen LogP contribution in [0.4, 0.5) is 0 Å². The van der Waals surface area contributed by atoms with E-state index in [1.165, 1.54) is 0 Å². The van der Waals surface area contributed by atoms with Gasteiger partial charge in [0, 0.05) is 42.5 Å². The van der Waals surface area contributed by atoms with Crippen molar-refractivity contribution in [1.82, 2.24) is 19.9 Å². The summed E-state index contributed by atoms with van der Waals surface area (Å²) in [5.41, 5.74) is 5.84. The van der Waals surface area contributed by atoms with Crippen LogP contribution in [0.15, 0.2) is 70.8 Å². The Morgan fingerprint density at radius 1 is 1.06 bits per heavy atom. The van der Waals surface area contributed by atoms with Gasteiger partial charge in [-0.1, -0.05) is 23.4 Å². The molecule has 1 aliphatic rings. The number of rotatable bonds is 8. The molecule has 1 aliphatic carbocycles. The number of aryl methyl sites for hydroxylation is 1. The Hall–Kier alpha value is -3.91. The van der Waals surface area contributed by atoms with Crippen molar-refractivity contribution in [1.29, 1.82) is 0 Å². The van der Waals surface area contributed by atoms with E-state index < -0.39 is 0 Å². The molecule has 0 spiro atoms. The zero-order valence-electron chi connectivity index (χ0n) is 19.1. The van der Waals surface area contributed by atoms with E-state index in [0.717, 1.165) is 58.5 Å². The van der Waals surface area contributed by atoms with Gasteiger partial charge in [0.05, 0.1) is 5.56 Å². The molecular weight excluding hydrogens is 430 g/mol. The van der Waals surface area contributed by atoms with Crippen LogP contribution in [-0.2, 0) is 6.42 Å². The van der Waals surface area contributed by atoms with Gasteiger partial charge in [-0.15, -0.1) is 0 Å². The summed E-state index contributed by atoms with van der Waals surface area (Å²) in [7, 11) is 3.97. The van der Waals surface area contributed by atoms with Crippen LogP contribution in [0.1, 0.15) is 23.6 Å². The van der Waals surface area contributed by atoms with Crippen molar-refractivity contribution < 1.29 is 9.15 Å². The van der Waals surface area contributed by atoms with Crippen LogP contribution >= 0.6 is 0 Å². The number of nitrogens with zero attached hydrogens (tertiary/aromatic N) is 5. The average Bonchev–Trinajstić information content (AvgIpc) is 3.49. The Morgan fingerprint density at radius 3 is 2.59 bits per heavy atom. The van der Waals surface area contributed by atoms with Crippen molar-refractivity contribution in [3.8, 4) is 39.8 Å². The molecule has 0 fully saturated rings. The van der Waals surface area contributed by atoms with Crippen molar-refractivity contribution >= 4 is 0 Å². The summed E-state index contributed by atoms with van der Waals surface area (Å²) in [5, 5.41) is 3.27. The normalized spacial score (nSPS) is 14.9. The lowest BCUT2D eigenvalue weighted by molar-refractivity contribution is 0.245. The summed E-state index contributed by atoms with van der Waals surface area (Å²) in [5.74, 6) is 1.40. The number of hydrogen-bond acceptors (Lipinski definition) is 8. The first kappa shape index (κ1) is 21.9. The van der Waals surface area contributed by atoms with E-state index in [2.05, 4.69) is 26.2 Å². The zero-order valence-corrected chi connectivity index (χ0v) is 19.1. The Labute approximate surface area is 197 Å². The molecular formula is C26H25N5O3. The molecule has 0 radical (unpaired) electrons. The van der Waals surface area contributed by atoms with E-state index in [1.54, 1.807) is 24.8 Å². The lowest BCUT2D eigenvalue weighted by atomic mass is 9.98. The van der Waals surface area contributed by atoms with Crippen molar-refractivity contribution in [2.24, 2.45) is 5.18 Å². The Morgan fingerprint density at radius 2 is 1.85 bits per heavy atom. The molecule has 3 heterocycles.